The van der Waals surface area contributed by atoms with Gasteiger partial charge in [-0.15, -0.1) is 5.10 Å². The number of carbonyl (C=O) groups is 1. The van der Waals surface area contributed by atoms with Crippen LogP contribution in [0.15, 0.2) is 28.9 Å². The molecule has 0 spiro atoms. The highest BCUT2D eigenvalue weighted by Crippen LogP contribution is 2.16. The van der Waals surface area contributed by atoms with Crippen LogP contribution in [0.5, 0.6) is 0 Å². The minimum Gasteiger partial charge on any atom is -0.348 e. The van der Waals surface area contributed by atoms with E-state index in [1.807, 2.05) is 0 Å². The number of aromatic nitrogens is 6. The maximum atomic E-state index is 13.4. The molecule has 1 amide bonds. The molecule has 1 N–H and O–H groups in total. The van der Waals surface area contributed by atoms with Gasteiger partial charge >= 0.3 is 0 Å². The lowest BCUT2D eigenvalue weighted by molar-refractivity contribution is -0.124. The first kappa shape index (κ1) is 16.7. The van der Waals surface area contributed by atoms with E-state index >= 15 is 0 Å². The zero-order chi connectivity index (χ0) is 17.8. The van der Waals surface area contributed by atoms with E-state index in [9.17, 15) is 9.18 Å². The molecule has 0 aliphatic carbocycles. The molecule has 2 heterocycles. The van der Waals surface area contributed by atoms with Crippen LogP contribution in [0, 0.1) is 19.7 Å². The van der Waals surface area contributed by atoms with Crippen molar-refractivity contribution in [1.82, 2.24) is 35.8 Å². The number of aryl methyl sites for hydroxylation is 2. The highest BCUT2D eigenvalue weighted by atomic mass is 19.1. The van der Waals surface area contributed by atoms with E-state index in [1.165, 1.54) is 16.8 Å². The van der Waals surface area contributed by atoms with Crippen LogP contribution in [0.2, 0.25) is 0 Å². The van der Waals surface area contributed by atoms with Crippen LogP contribution >= 0.6 is 0 Å². The van der Waals surface area contributed by atoms with E-state index in [0.29, 0.717) is 22.8 Å². The topological polar surface area (TPSA) is 112 Å². The summed E-state index contributed by atoms with van der Waals surface area (Å²) in [5, 5.41) is 21.4. The van der Waals surface area contributed by atoms with E-state index in [0.717, 1.165) is 0 Å². The molecule has 1 aromatic carbocycles. The standard InChI is InChI=1S/C15H16FN7O2/c1-9-13(20-25-19-9)8-17-15(24)14(23-10(2)18-21-22-23)7-11-4-3-5-12(16)6-11/h3-6,14H,7-8H2,1-2H3,(H,17,24). The number of tetrazole rings is 1. The van der Waals surface area contributed by atoms with Gasteiger partial charge in [-0.2, -0.15) is 0 Å². The van der Waals surface area contributed by atoms with Gasteiger partial charge in [-0.1, -0.05) is 22.4 Å². The molecule has 10 heteroatoms. The second kappa shape index (κ2) is 7.16. The van der Waals surface area contributed by atoms with Crippen molar-refractivity contribution >= 4 is 5.91 Å². The van der Waals surface area contributed by atoms with Crippen LogP contribution < -0.4 is 5.32 Å². The normalized spacial score (nSPS) is 12.1. The molecule has 0 bridgehead atoms. The first-order chi connectivity index (χ1) is 12.0. The van der Waals surface area contributed by atoms with Crippen LogP contribution in [0.25, 0.3) is 0 Å². The van der Waals surface area contributed by atoms with Crippen molar-refractivity contribution in [2.45, 2.75) is 32.9 Å². The Hall–Kier alpha value is -3.17. The average molecular weight is 345 g/mol. The molecule has 0 fully saturated rings. The summed E-state index contributed by atoms with van der Waals surface area (Å²) in [5.74, 6) is -0.202. The Kier molecular flexibility index (Phi) is 4.78. The van der Waals surface area contributed by atoms with Gasteiger partial charge in [-0.3, -0.25) is 4.79 Å². The molecule has 1 atom stereocenters. The maximum absolute atomic E-state index is 13.4. The van der Waals surface area contributed by atoms with Crippen molar-refractivity contribution in [2.24, 2.45) is 0 Å². The lowest BCUT2D eigenvalue weighted by Gasteiger charge is -2.17. The number of rotatable bonds is 6. The molecule has 1 unspecified atom stereocenters. The number of nitrogens with one attached hydrogen (secondary N) is 1. The number of hydrogen-bond donors (Lipinski definition) is 1. The molecule has 0 radical (unpaired) electrons. The van der Waals surface area contributed by atoms with Crippen molar-refractivity contribution in [3.05, 3.63) is 52.9 Å². The molecular formula is C15H16FN7O2. The third kappa shape index (κ3) is 3.84. The van der Waals surface area contributed by atoms with Gasteiger partial charge in [0.2, 0.25) is 5.91 Å². The summed E-state index contributed by atoms with van der Waals surface area (Å²) in [6, 6.07) is 5.34. The fourth-order valence-corrected chi connectivity index (χ4v) is 2.40. The lowest BCUT2D eigenvalue weighted by Crippen LogP contribution is -2.35. The van der Waals surface area contributed by atoms with Crippen LogP contribution in [-0.4, -0.2) is 36.4 Å². The van der Waals surface area contributed by atoms with E-state index in [4.69, 9.17) is 0 Å². The average Bonchev–Trinajstić information content (AvgIpc) is 3.19. The summed E-state index contributed by atoms with van der Waals surface area (Å²) in [4.78, 5) is 12.7. The summed E-state index contributed by atoms with van der Waals surface area (Å²) in [7, 11) is 0. The third-order valence-corrected chi connectivity index (χ3v) is 3.75. The number of carbonyl (C=O) groups excluding carboxylic acids is 1. The number of amides is 1. The summed E-state index contributed by atoms with van der Waals surface area (Å²) >= 11 is 0. The van der Waals surface area contributed by atoms with Crippen molar-refractivity contribution in [1.29, 1.82) is 0 Å². The minimum atomic E-state index is -0.725. The van der Waals surface area contributed by atoms with Gasteiger partial charge in [-0.05, 0) is 42.0 Å². The van der Waals surface area contributed by atoms with Crippen molar-refractivity contribution in [2.75, 3.05) is 0 Å². The molecule has 0 saturated carbocycles. The first-order valence-electron chi connectivity index (χ1n) is 7.59. The minimum absolute atomic E-state index is 0.162. The fourth-order valence-electron chi connectivity index (χ4n) is 2.40. The van der Waals surface area contributed by atoms with Gasteiger partial charge in [0.25, 0.3) is 0 Å². The Bertz CT molecular complexity index is 876. The fraction of sp³-hybridized carbons (Fsp3) is 0.333. The lowest BCUT2D eigenvalue weighted by atomic mass is 10.0. The van der Waals surface area contributed by atoms with Crippen molar-refractivity contribution in [3.8, 4) is 0 Å². The van der Waals surface area contributed by atoms with Crippen molar-refractivity contribution in [3.63, 3.8) is 0 Å². The van der Waals surface area contributed by atoms with E-state index in [1.54, 1.807) is 26.0 Å². The van der Waals surface area contributed by atoms with Gasteiger partial charge in [0.05, 0.1) is 6.54 Å². The predicted octanol–water partition coefficient (Wildman–Crippen LogP) is 0.912. The van der Waals surface area contributed by atoms with Crippen LogP contribution in [0.4, 0.5) is 4.39 Å². The van der Waals surface area contributed by atoms with Crippen LogP contribution in [-0.2, 0) is 17.8 Å². The molecule has 25 heavy (non-hydrogen) atoms. The van der Waals surface area contributed by atoms with E-state index < -0.39 is 6.04 Å². The SMILES string of the molecule is Cc1nonc1CNC(=O)C(Cc1cccc(F)c1)n1nnnc1C. The Morgan fingerprint density at radius 2 is 2.20 bits per heavy atom. The Labute approximate surface area is 142 Å². The summed E-state index contributed by atoms with van der Waals surface area (Å²) in [6.07, 6.45) is 0.242. The zero-order valence-corrected chi connectivity index (χ0v) is 13.7. The summed E-state index contributed by atoms with van der Waals surface area (Å²) < 4.78 is 19.5. The number of nitrogens with zero attached hydrogens (tertiary/aromatic N) is 6. The Morgan fingerprint density at radius 3 is 2.84 bits per heavy atom. The van der Waals surface area contributed by atoms with Crippen LogP contribution in [0.1, 0.15) is 28.8 Å². The molecule has 3 rings (SSSR count). The van der Waals surface area contributed by atoms with Gasteiger partial charge in [0, 0.05) is 6.42 Å². The van der Waals surface area contributed by atoms with Gasteiger partial charge in [0.15, 0.2) is 0 Å². The molecule has 0 saturated heterocycles. The van der Waals surface area contributed by atoms with E-state index in [2.05, 4.69) is 35.8 Å². The third-order valence-electron chi connectivity index (χ3n) is 3.75. The predicted molar refractivity (Wildman–Crippen MR) is 82.6 cm³/mol. The van der Waals surface area contributed by atoms with Gasteiger partial charge in [0.1, 0.15) is 29.1 Å². The second-order valence-corrected chi connectivity index (χ2v) is 5.53. The molecule has 9 nitrogen and oxygen atoms in total. The number of benzene rings is 1. The maximum Gasteiger partial charge on any atom is 0.245 e. The Morgan fingerprint density at radius 1 is 1.36 bits per heavy atom. The molecule has 0 aliphatic heterocycles. The van der Waals surface area contributed by atoms with Crippen LogP contribution in [0.3, 0.4) is 0 Å². The van der Waals surface area contributed by atoms with Gasteiger partial charge < -0.3 is 5.32 Å². The summed E-state index contributed by atoms with van der Waals surface area (Å²) in [6.45, 7) is 3.58. The molecular weight excluding hydrogens is 329 g/mol. The van der Waals surface area contributed by atoms with Crippen molar-refractivity contribution < 1.29 is 13.8 Å². The van der Waals surface area contributed by atoms with E-state index in [-0.39, 0.29) is 24.7 Å². The molecule has 0 aliphatic rings. The quantitative estimate of drug-likeness (QED) is 0.707. The highest BCUT2D eigenvalue weighted by Gasteiger charge is 2.24. The zero-order valence-electron chi connectivity index (χ0n) is 13.7. The monoisotopic (exact) mass is 345 g/mol. The number of hydrogen-bond acceptors (Lipinski definition) is 7. The highest BCUT2D eigenvalue weighted by molar-refractivity contribution is 5.80. The molecule has 3 aromatic rings. The smallest absolute Gasteiger partial charge is 0.245 e. The second-order valence-electron chi connectivity index (χ2n) is 5.53. The Balaban J connectivity index is 1.79. The van der Waals surface area contributed by atoms with Gasteiger partial charge in [-0.25, -0.2) is 13.7 Å². The summed E-state index contributed by atoms with van der Waals surface area (Å²) in [5.41, 5.74) is 1.79. The largest absolute Gasteiger partial charge is 0.348 e. The first-order valence-corrected chi connectivity index (χ1v) is 7.59. The number of halogens is 1. The molecule has 130 valence electrons. The molecule has 2 aromatic heterocycles.